The summed E-state index contributed by atoms with van der Waals surface area (Å²) in [5.41, 5.74) is 0. The first-order valence-corrected chi connectivity index (χ1v) is 7.23. The summed E-state index contributed by atoms with van der Waals surface area (Å²) in [5.74, 6) is -1.39. The van der Waals surface area contributed by atoms with E-state index in [1.807, 2.05) is 0 Å². The molecule has 0 bridgehead atoms. The Labute approximate surface area is 137 Å². The van der Waals surface area contributed by atoms with E-state index in [9.17, 15) is 14.4 Å². The Morgan fingerprint density at radius 3 is 2.42 bits per heavy atom. The zero-order chi connectivity index (χ0) is 17.7. The molecule has 0 saturated carbocycles. The molecule has 0 amide bonds. The summed E-state index contributed by atoms with van der Waals surface area (Å²) < 4.78 is 21.2. The van der Waals surface area contributed by atoms with Gasteiger partial charge in [-0.2, -0.15) is 5.21 Å². The number of tetrazole rings is 1. The van der Waals surface area contributed by atoms with E-state index in [1.165, 1.54) is 20.8 Å². The van der Waals surface area contributed by atoms with Gasteiger partial charge in [0.25, 0.3) is 0 Å². The van der Waals surface area contributed by atoms with Gasteiger partial charge in [0.2, 0.25) is 5.82 Å². The van der Waals surface area contributed by atoms with Gasteiger partial charge in [-0.25, -0.2) is 0 Å². The number of esters is 3. The van der Waals surface area contributed by atoms with Crippen LogP contribution in [0, 0.1) is 0 Å². The zero-order valence-electron chi connectivity index (χ0n) is 13.4. The molecule has 1 aliphatic heterocycles. The highest BCUT2D eigenvalue weighted by Gasteiger charge is 2.45. The first kappa shape index (κ1) is 17.8. The number of carbonyl (C=O) groups is 3. The van der Waals surface area contributed by atoms with E-state index in [4.69, 9.17) is 18.9 Å². The molecule has 4 atom stereocenters. The van der Waals surface area contributed by atoms with Crippen molar-refractivity contribution in [3.63, 3.8) is 0 Å². The molecule has 132 valence electrons. The van der Waals surface area contributed by atoms with Gasteiger partial charge in [-0.1, -0.05) is 5.21 Å². The van der Waals surface area contributed by atoms with Gasteiger partial charge >= 0.3 is 17.9 Å². The highest BCUT2D eigenvalue weighted by Crippen LogP contribution is 2.33. The Balaban J connectivity index is 2.23. The summed E-state index contributed by atoms with van der Waals surface area (Å²) in [6, 6.07) is 0. The van der Waals surface area contributed by atoms with Crippen molar-refractivity contribution >= 4 is 17.9 Å². The minimum absolute atomic E-state index is 0.160. The lowest BCUT2D eigenvalue weighted by molar-refractivity contribution is -0.217. The molecule has 0 spiro atoms. The number of nitrogens with zero attached hydrogens (tertiary/aromatic N) is 3. The fourth-order valence-corrected chi connectivity index (χ4v) is 2.41. The number of carbonyl (C=O) groups excluding carboxylic acids is 3. The number of nitrogens with one attached hydrogen (secondary N) is 1. The van der Waals surface area contributed by atoms with E-state index in [0.29, 0.717) is 0 Å². The molecule has 24 heavy (non-hydrogen) atoms. The van der Waals surface area contributed by atoms with Gasteiger partial charge in [-0.15, -0.1) is 10.2 Å². The van der Waals surface area contributed by atoms with Crippen LogP contribution in [0.15, 0.2) is 0 Å². The minimum Gasteiger partial charge on any atom is -0.463 e. The topological polar surface area (TPSA) is 143 Å². The zero-order valence-corrected chi connectivity index (χ0v) is 13.4. The highest BCUT2D eigenvalue weighted by atomic mass is 16.6. The van der Waals surface area contributed by atoms with Crippen molar-refractivity contribution in [1.29, 1.82) is 0 Å². The monoisotopic (exact) mass is 342 g/mol. The van der Waals surface area contributed by atoms with Crippen LogP contribution in [-0.4, -0.2) is 63.5 Å². The van der Waals surface area contributed by atoms with Crippen molar-refractivity contribution in [3.8, 4) is 0 Å². The quantitative estimate of drug-likeness (QED) is 0.547. The molecule has 1 aliphatic rings. The number of aromatic nitrogens is 4. The molecule has 1 N–H and O–H groups in total. The van der Waals surface area contributed by atoms with Crippen LogP contribution in [0.1, 0.15) is 39.1 Å². The molecule has 1 saturated heterocycles. The average Bonchev–Trinajstić information content (AvgIpc) is 3.00. The first-order chi connectivity index (χ1) is 11.4. The maximum absolute atomic E-state index is 11.4. The van der Waals surface area contributed by atoms with E-state index in [-0.39, 0.29) is 18.9 Å². The number of aromatic amines is 1. The lowest BCUT2D eigenvalue weighted by Crippen LogP contribution is -2.51. The summed E-state index contributed by atoms with van der Waals surface area (Å²) >= 11 is 0. The molecular formula is C13H18N4O7. The largest absolute Gasteiger partial charge is 0.463 e. The molecule has 11 heteroatoms. The second kappa shape index (κ2) is 7.81. The third-order valence-electron chi connectivity index (χ3n) is 3.24. The molecule has 0 aliphatic carbocycles. The van der Waals surface area contributed by atoms with Crippen molar-refractivity contribution in [2.75, 3.05) is 6.61 Å². The van der Waals surface area contributed by atoms with Crippen LogP contribution < -0.4 is 0 Å². The molecule has 0 aromatic carbocycles. The standard InChI is InChI=1S/C13H18N4O7/c1-6(18)21-5-11-12(23-8(3)20)9(22-7(2)19)4-10(24-11)13-14-16-17-15-13/h9-12H,4-5H2,1-3H3,(H,14,15,16,17)/t9-,10+,11-,12+/m1/s1. The number of H-pyrrole nitrogens is 1. The summed E-state index contributed by atoms with van der Waals surface area (Å²) in [7, 11) is 0. The Morgan fingerprint density at radius 1 is 1.17 bits per heavy atom. The SMILES string of the molecule is CC(=O)OC[C@H]1O[C@H](c2nn[nH]n2)C[C@@H](OC(C)=O)[C@@H]1OC(C)=O. The molecule has 0 unspecified atom stereocenters. The van der Waals surface area contributed by atoms with Gasteiger partial charge in [0.05, 0.1) is 0 Å². The van der Waals surface area contributed by atoms with E-state index >= 15 is 0 Å². The van der Waals surface area contributed by atoms with Crippen molar-refractivity contribution in [3.05, 3.63) is 5.82 Å². The Bertz CT molecular complexity index is 591. The summed E-state index contributed by atoms with van der Waals surface area (Å²) in [6.07, 6.45) is -3.08. The van der Waals surface area contributed by atoms with E-state index < -0.39 is 42.3 Å². The fourth-order valence-electron chi connectivity index (χ4n) is 2.41. The molecule has 1 aromatic rings. The highest BCUT2D eigenvalue weighted by molar-refractivity contribution is 5.67. The predicted molar refractivity (Wildman–Crippen MR) is 74.1 cm³/mol. The Kier molecular flexibility index (Phi) is 5.79. The lowest BCUT2D eigenvalue weighted by atomic mass is 9.97. The Hall–Kier alpha value is -2.56. The third kappa shape index (κ3) is 4.72. The van der Waals surface area contributed by atoms with Crippen LogP contribution in [0.3, 0.4) is 0 Å². The van der Waals surface area contributed by atoms with E-state index in [0.717, 1.165) is 0 Å². The summed E-state index contributed by atoms with van der Waals surface area (Å²) in [6.45, 7) is 3.52. The second-order valence-electron chi connectivity index (χ2n) is 5.19. The number of ether oxygens (including phenoxy) is 4. The fraction of sp³-hybridized carbons (Fsp3) is 0.692. The van der Waals surface area contributed by atoms with Gasteiger partial charge in [0.15, 0.2) is 6.10 Å². The maximum Gasteiger partial charge on any atom is 0.303 e. The van der Waals surface area contributed by atoms with Crippen LogP contribution in [0.2, 0.25) is 0 Å². The predicted octanol–water partition coefficient (Wildman–Crippen LogP) is -0.544. The first-order valence-electron chi connectivity index (χ1n) is 7.23. The molecular weight excluding hydrogens is 324 g/mol. The number of hydrogen-bond donors (Lipinski definition) is 1. The molecule has 1 fully saturated rings. The number of hydrogen-bond acceptors (Lipinski definition) is 10. The van der Waals surface area contributed by atoms with Crippen LogP contribution >= 0.6 is 0 Å². The molecule has 11 nitrogen and oxygen atoms in total. The van der Waals surface area contributed by atoms with Crippen molar-refractivity contribution in [1.82, 2.24) is 20.6 Å². The molecule has 2 rings (SSSR count). The van der Waals surface area contributed by atoms with Gasteiger partial charge in [-0.05, 0) is 0 Å². The van der Waals surface area contributed by atoms with Crippen LogP contribution in [0.5, 0.6) is 0 Å². The van der Waals surface area contributed by atoms with Crippen LogP contribution in [0.25, 0.3) is 0 Å². The van der Waals surface area contributed by atoms with Crippen LogP contribution in [0.4, 0.5) is 0 Å². The van der Waals surface area contributed by atoms with Gasteiger partial charge in [0.1, 0.15) is 24.9 Å². The van der Waals surface area contributed by atoms with Crippen molar-refractivity contribution < 1.29 is 33.3 Å². The molecule has 1 aromatic heterocycles. The summed E-state index contributed by atoms with van der Waals surface area (Å²) in [4.78, 5) is 33.8. The molecule has 0 radical (unpaired) electrons. The minimum atomic E-state index is -0.922. The van der Waals surface area contributed by atoms with E-state index in [2.05, 4.69) is 20.6 Å². The second-order valence-corrected chi connectivity index (χ2v) is 5.19. The van der Waals surface area contributed by atoms with Gasteiger partial charge < -0.3 is 18.9 Å². The third-order valence-corrected chi connectivity index (χ3v) is 3.24. The smallest absolute Gasteiger partial charge is 0.303 e. The Morgan fingerprint density at radius 2 is 1.88 bits per heavy atom. The maximum atomic E-state index is 11.4. The van der Waals surface area contributed by atoms with Crippen molar-refractivity contribution in [2.45, 2.75) is 51.6 Å². The van der Waals surface area contributed by atoms with Gasteiger partial charge in [-0.3, -0.25) is 14.4 Å². The van der Waals surface area contributed by atoms with Crippen LogP contribution in [-0.2, 0) is 33.3 Å². The summed E-state index contributed by atoms with van der Waals surface area (Å²) in [5, 5.41) is 13.4. The van der Waals surface area contributed by atoms with E-state index in [1.54, 1.807) is 0 Å². The molecule has 2 heterocycles. The average molecular weight is 342 g/mol. The van der Waals surface area contributed by atoms with Crippen molar-refractivity contribution in [2.24, 2.45) is 0 Å². The lowest BCUT2D eigenvalue weighted by Gasteiger charge is -2.39. The number of rotatable bonds is 5. The normalized spacial score (nSPS) is 26.5. The van der Waals surface area contributed by atoms with Gasteiger partial charge in [0, 0.05) is 27.2 Å².